The zero-order chi connectivity index (χ0) is 46.5. The minimum atomic E-state index is -0.778. The van der Waals surface area contributed by atoms with Crippen LogP contribution in [0.15, 0.2) is 48.6 Å². The van der Waals surface area contributed by atoms with Crippen LogP contribution in [0.5, 0.6) is 0 Å². The van der Waals surface area contributed by atoms with E-state index in [1.165, 1.54) is 173 Å². The Morgan fingerprint density at radius 3 is 0.984 bits per heavy atom. The summed E-state index contributed by atoms with van der Waals surface area (Å²) in [5.41, 5.74) is 0. The molecule has 0 aliphatic heterocycles. The minimum absolute atomic E-state index is 0.0768. The van der Waals surface area contributed by atoms with Crippen molar-refractivity contribution in [3.05, 3.63) is 48.6 Å². The first-order chi connectivity index (χ1) is 31.5. The summed E-state index contributed by atoms with van der Waals surface area (Å²) >= 11 is 0. The molecule has 372 valence electrons. The van der Waals surface area contributed by atoms with Crippen molar-refractivity contribution < 1.29 is 28.6 Å². The lowest BCUT2D eigenvalue weighted by molar-refractivity contribution is -0.167. The maximum absolute atomic E-state index is 12.8. The van der Waals surface area contributed by atoms with Gasteiger partial charge in [-0.15, -0.1) is 0 Å². The lowest BCUT2D eigenvalue weighted by atomic mass is 10.0. The molecule has 0 aromatic carbocycles. The molecular formula is C58H104O6. The first kappa shape index (κ1) is 61.4. The number of allylic oxidation sites excluding steroid dienone is 8. The van der Waals surface area contributed by atoms with Gasteiger partial charge in [0, 0.05) is 19.3 Å². The van der Waals surface area contributed by atoms with Gasteiger partial charge < -0.3 is 14.2 Å². The van der Waals surface area contributed by atoms with Gasteiger partial charge in [0.15, 0.2) is 6.10 Å². The molecule has 1 atom stereocenters. The second kappa shape index (κ2) is 53.0. The van der Waals surface area contributed by atoms with Crippen molar-refractivity contribution in [2.45, 2.75) is 290 Å². The second-order valence-corrected chi connectivity index (χ2v) is 18.5. The zero-order valence-corrected chi connectivity index (χ0v) is 42.6. The van der Waals surface area contributed by atoms with Crippen molar-refractivity contribution in [1.29, 1.82) is 0 Å². The van der Waals surface area contributed by atoms with E-state index in [1.807, 2.05) is 0 Å². The molecule has 0 N–H and O–H groups in total. The summed E-state index contributed by atoms with van der Waals surface area (Å²) in [6.45, 7) is 6.52. The number of hydrogen-bond acceptors (Lipinski definition) is 6. The first-order valence-electron chi connectivity index (χ1n) is 27.7. The van der Waals surface area contributed by atoms with Gasteiger partial charge in [0.1, 0.15) is 13.2 Å². The Hall–Kier alpha value is -2.63. The van der Waals surface area contributed by atoms with Crippen LogP contribution in [0.25, 0.3) is 0 Å². The fraction of sp³-hybridized carbons (Fsp3) is 0.810. The van der Waals surface area contributed by atoms with Gasteiger partial charge in [0.2, 0.25) is 0 Å². The highest BCUT2D eigenvalue weighted by molar-refractivity contribution is 5.71. The van der Waals surface area contributed by atoms with Gasteiger partial charge in [-0.3, -0.25) is 14.4 Å². The van der Waals surface area contributed by atoms with E-state index in [0.717, 1.165) is 70.6 Å². The predicted molar refractivity (Wildman–Crippen MR) is 275 cm³/mol. The van der Waals surface area contributed by atoms with Crippen molar-refractivity contribution in [2.24, 2.45) is 0 Å². The number of carbonyl (C=O) groups is 3. The molecule has 64 heavy (non-hydrogen) atoms. The highest BCUT2D eigenvalue weighted by atomic mass is 16.6. The molecule has 0 radical (unpaired) electrons. The van der Waals surface area contributed by atoms with Gasteiger partial charge in [-0.2, -0.15) is 0 Å². The van der Waals surface area contributed by atoms with Crippen LogP contribution in [0, 0.1) is 0 Å². The van der Waals surface area contributed by atoms with E-state index in [0.29, 0.717) is 19.3 Å². The smallest absolute Gasteiger partial charge is 0.306 e. The normalized spacial score (nSPS) is 12.4. The summed E-state index contributed by atoms with van der Waals surface area (Å²) in [5.74, 6) is -0.882. The van der Waals surface area contributed by atoms with Gasteiger partial charge in [0.25, 0.3) is 0 Å². The third-order valence-electron chi connectivity index (χ3n) is 12.1. The van der Waals surface area contributed by atoms with Gasteiger partial charge in [-0.05, 0) is 64.2 Å². The monoisotopic (exact) mass is 897 g/mol. The Bertz CT molecular complexity index is 1120. The number of rotatable bonds is 50. The summed E-state index contributed by atoms with van der Waals surface area (Å²) in [4.78, 5) is 38.0. The molecular weight excluding hydrogens is 793 g/mol. The minimum Gasteiger partial charge on any atom is -0.462 e. The van der Waals surface area contributed by atoms with Crippen molar-refractivity contribution >= 4 is 17.9 Å². The maximum Gasteiger partial charge on any atom is 0.306 e. The number of carbonyl (C=O) groups excluding carboxylic acids is 3. The molecule has 0 aliphatic rings. The SMILES string of the molecule is CC\C=C/C=C\C=C/CCCCCCCCCC(=O)OC(COC(=O)CCCCCCCCC/C=C\CCCCCCCCCC)COC(=O)CCCCCCCCCCCCCC. The molecule has 0 spiro atoms. The topological polar surface area (TPSA) is 78.9 Å². The quantitative estimate of drug-likeness (QED) is 0.0199. The fourth-order valence-electron chi connectivity index (χ4n) is 7.97. The summed E-state index contributed by atoms with van der Waals surface area (Å²) in [5, 5.41) is 0. The van der Waals surface area contributed by atoms with Gasteiger partial charge >= 0.3 is 17.9 Å². The van der Waals surface area contributed by atoms with Crippen molar-refractivity contribution in [1.82, 2.24) is 0 Å². The van der Waals surface area contributed by atoms with Crippen LogP contribution in [-0.2, 0) is 28.6 Å². The van der Waals surface area contributed by atoms with E-state index in [-0.39, 0.29) is 31.1 Å². The van der Waals surface area contributed by atoms with E-state index < -0.39 is 6.10 Å². The fourth-order valence-corrected chi connectivity index (χ4v) is 7.97. The van der Waals surface area contributed by atoms with Crippen molar-refractivity contribution in [2.75, 3.05) is 13.2 Å². The largest absolute Gasteiger partial charge is 0.462 e. The molecule has 6 nitrogen and oxygen atoms in total. The van der Waals surface area contributed by atoms with E-state index in [1.54, 1.807) is 0 Å². The van der Waals surface area contributed by atoms with Crippen LogP contribution in [0.4, 0.5) is 0 Å². The first-order valence-corrected chi connectivity index (χ1v) is 27.7. The molecule has 0 fully saturated rings. The van der Waals surface area contributed by atoms with Gasteiger partial charge in [-0.25, -0.2) is 0 Å². The molecule has 0 saturated heterocycles. The lowest BCUT2D eigenvalue weighted by Crippen LogP contribution is -2.30. The molecule has 0 amide bonds. The second-order valence-electron chi connectivity index (χ2n) is 18.5. The average Bonchev–Trinajstić information content (AvgIpc) is 3.29. The molecule has 0 saturated carbocycles. The standard InChI is InChI=1S/C58H104O6/c1-4-7-10-13-16-19-22-25-27-28-29-30-32-33-36-39-42-45-48-51-57(60)63-54-55(53-62-56(59)50-47-44-41-38-35-24-21-18-15-12-9-6-3)64-58(61)52-49-46-43-40-37-34-31-26-23-20-17-14-11-8-5-2/h8,11,14,17,20,23,28-29,55H,4-7,9-10,12-13,15-16,18-19,21-22,24-27,30-54H2,1-3H3/b11-8-,17-14-,23-20-,29-28-. The zero-order valence-electron chi connectivity index (χ0n) is 42.6. The number of hydrogen-bond donors (Lipinski definition) is 0. The molecule has 0 heterocycles. The lowest BCUT2D eigenvalue weighted by Gasteiger charge is -2.18. The van der Waals surface area contributed by atoms with E-state index >= 15 is 0 Å². The average molecular weight is 897 g/mol. The predicted octanol–water partition coefficient (Wildman–Crippen LogP) is 18.3. The molecule has 0 rings (SSSR count). The van der Waals surface area contributed by atoms with Crippen LogP contribution in [0.3, 0.4) is 0 Å². The molecule has 1 unspecified atom stereocenters. The summed E-state index contributed by atoms with van der Waals surface area (Å²) in [7, 11) is 0. The summed E-state index contributed by atoms with van der Waals surface area (Å²) in [6.07, 6.45) is 63.8. The Labute approximate surface area is 397 Å². The highest BCUT2D eigenvalue weighted by Gasteiger charge is 2.19. The molecule has 0 aliphatic carbocycles. The van der Waals surface area contributed by atoms with Crippen molar-refractivity contribution in [3.8, 4) is 0 Å². The molecule has 0 aromatic heterocycles. The van der Waals surface area contributed by atoms with Gasteiger partial charge in [-0.1, -0.05) is 249 Å². The molecule has 0 aromatic rings. The number of ether oxygens (including phenoxy) is 3. The Balaban J connectivity index is 4.34. The van der Waals surface area contributed by atoms with Crippen LogP contribution in [0.1, 0.15) is 284 Å². The van der Waals surface area contributed by atoms with Crippen LogP contribution in [0.2, 0.25) is 0 Å². The number of esters is 3. The third kappa shape index (κ3) is 50.4. The van der Waals surface area contributed by atoms with Crippen LogP contribution >= 0.6 is 0 Å². The van der Waals surface area contributed by atoms with E-state index in [2.05, 4.69) is 69.4 Å². The Morgan fingerprint density at radius 1 is 0.328 bits per heavy atom. The molecule has 0 bridgehead atoms. The maximum atomic E-state index is 12.8. The van der Waals surface area contributed by atoms with E-state index in [9.17, 15) is 14.4 Å². The van der Waals surface area contributed by atoms with Crippen molar-refractivity contribution in [3.63, 3.8) is 0 Å². The third-order valence-corrected chi connectivity index (χ3v) is 12.1. The van der Waals surface area contributed by atoms with Gasteiger partial charge in [0.05, 0.1) is 0 Å². The van der Waals surface area contributed by atoms with E-state index in [4.69, 9.17) is 14.2 Å². The van der Waals surface area contributed by atoms with Crippen LogP contribution < -0.4 is 0 Å². The highest BCUT2D eigenvalue weighted by Crippen LogP contribution is 2.16. The Kier molecular flexibility index (Phi) is 50.8. The Morgan fingerprint density at radius 2 is 0.625 bits per heavy atom. The summed E-state index contributed by atoms with van der Waals surface area (Å²) in [6, 6.07) is 0. The number of unbranched alkanes of at least 4 members (excludes halogenated alkanes) is 33. The summed E-state index contributed by atoms with van der Waals surface area (Å²) < 4.78 is 16.8. The van der Waals surface area contributed by atoms with Crippen LogP contribution in [-0.4, -0.2) is 37.2 Å². The molecule has 6 heteroatoms.